The molecule has 1 atom stereocenters. The van der Waals surface area contributed by atoms with E-state index in [1.165, 1.54) is 5.56 Å². The third-order valence-electron chi connectivity index (χ3n) is 5.75. The molecule has 0 radical (unpaired) electrons. The fourth-order valence-corrected chi connectivity index (χ4v) is 4.14. The van der Waals surface area contributed by atoms with E-state index < -0.39 is 12.6 Å². The van der Waals surface area contributed by atoms with Gasteiger partial charge in [-0.05, 0) is 49.4 Å². The van der Waals surface area contributed by atoms with E-state index >= 15 is 0 Å². The lowest BCUT2D eigenvalue weighted by Crippen LogP contribution is -2.36. The van der Waals surface area contributed by atoms with E-state index in [0.29, 0.717) is 0 Å². The SMILES string of the molecule is Cc1oc(-n2cccc2)c(C#N)c1C(=O)OCC(=O)N(C)[C@@H]1CCCc2ccccc21. The molecule has 0 saturated carbocycles. The number of benzene rings is 1. The first kappa shape index (κ1) is 20.5. The molecule has 7 heteroatoms. The van der Waals surface area contributed by atoms with Gasteiger partial charge >= 0.3 is 5.97 Å². The summed E-state index contributed by atoms with van der Waals surface area (Å²) >= 11 is 0. The monoisotopic (exact) mass is 417 g/mol. The van der Waals surface area contributed by atoms with Gasteiger partial charge in [0.15, 0.2) is 6.61 Å². The Morgan fingerprint density at radius 1 is 1.26 bits per heavy atom. The molecule has 0 unspecified atom stereocenters. The van der Waals surface area contributed by atoms with Crippen molar-refractivity contribution >= 4 is 11.9 Å². The van der Waals surface area contributed by atoms with Gasteiger partial charge in [0.1, 0.15) is 23.0 Å². The Hall–Kier alpha value is -3.79. The number of rotatable bonds is 5. The van der Waals surface area contributed by atoms with Crippen LogP contribution in [-0.4, -0.2) is 35.0 Å². The highest BCUT2D eigenvalue weighted by molar-refractivity contribution is 5.95. The smallest absolute Gasteiger partial charge is 0.343 e. The number of likely N-dealkylation sites (N-methyl/N-ethyl adjacent to an activating group) is 1. The molecule has 0 aliphatic heterocycles. The Balaban J connectivity index is 1.47. The van der Waals surface area contributed by atoms with Gasteiger partial charge in [-0.3, -0.25) is 9.36 Å². The van der Waals surface area contributed by atoms with Gasteiger partial charge in [-0.25, -0.2) is 4.79 Å². The maximum Gasteiger partial charge on any atom is 0.343 e. The molecular weight excluding hydrogens is 394 g/mol. The summed E-state index contributed by atoms with van der Waals surface area (Å²) in [5.74, 6) is -0.520. The van der Waals surface area contributed by atoms with Crippen molar-refractivity contribution in [3.8, 4) is 12.0 Å². The van der Waals surface area contributed by atoms with Gasteiger partial charge in [0.05, 0.1) is 6.04 Å². The summed E-state index contributed by atoms with van der Waals surface area (Å²) in [6.07, 6.45) is 6.31. The van der Waals surface area contributed by atoms with Crippen molar-refractivity contribution in [1.29, 1.82) is 5.26 Å². The second-order valence-corrected chi connectivity index (χ2v) is 7.60. The number of hydrogen-bond acceptors (Lipinski definition) is 5. The van der Waals surface area contributed by atoms with Crippen LogP contribution in [0.1, 0.15) is 51.7 Å². The highest BCUT2D eigenvalue weighted by Crippen LogP contribution is 2.33. The summed E-state index contributed by atoms with van der Waals surface area (Å²) in [6.45, 7) is 1.19. The summed E-state index contributed by atoms with van der Waals surface area (Å²) in [4.78, 5) is 27.1. The van der Waals surface area contributed by atoms with Crippen LogP contribution in [0.3, 0.4) is 0 Å². The van der Waals surface area contributed by atoms with Crippen LogP contribution in [-0.2, 0) is 16.0 Å². The Labute approximate surface area is 180 Å². The van der Waals surface area contributed by atoms with Crippen LogP contribution in [0.4, 0.5) is 0 Å². The highest BCUT2D eigenvalue weighted by atomic mass is 16.5. The van der Waals surface area contributed by atoms with Gasteiger partial charge in [-0.15, -0.1) is 0 Å². The normalized spacial score (nSPS) is 15.1. The molecule has 1 aromatic carbocycles. The molecule has 31 heavy (non-hydrogen) atoms. The second kappa shape index (κ2) is 8.52. The molecule has 7 nitrogen and oxygen atoms in total. The van der Waals surface area contributed by atoms with E-state index in [9.17, 15) is 14.9 Å². The molecule has 1 aliphatic rings. The van der Waals surface area contributed by atoms with E-state index in [-0.39, 0.29) is 34.7 Å². The summed E-state index contributed by atoms with van der Waals surface area (Å²) in [6, 6.07) is 13.7. The Morgan fingerprint density at radius 2 is 2.00 bits per heavy atom. The minimum absolute atomic E-state index is 0.0400. The van der Waals surface area contributed by atoms with E-state index in [1.807, 2.05) is 24.3 Å². The maximum atomic E-state index is 12.8. The molecule has 3 aromatic rings. The second-order valence-electron chi connectivity index (χ2n) is 7.60. The largest absolute Gasteiger partial charge is 0.452 e. The average Bonchev–Trinajstić information content (AvgIpc) is 3.43. The van der Waals surface area contributed by atoms with Gasteiger partial charge in [-0.1, -0.05) is 24.3 Å². The first-order chi connectivity index (χ1) is 15.0. The third-order valence-corrected chi connectivity index (χ3v) is 5.75. The predicted molar refractivity (Wildman–Crippen MR) is 113 cm³/mol. The number of esters is 1. The molecule has 1 amide bonds. The molecular formula is C24H23N3O4. The van der Waals surface area contributed by atoms with Crippen LogP contribution in [0.5, 0.6) is 0 Å². The van der Waals surface area contributed by atoms with Gasteiger partial charge in [-0.2, -0.15) is 5.26 Å². The van der Waals surface area contributed by atoms with Crippen LogP contribution in [0.2, 0.25) is 0 Å². The van der Waals surface area contributed by atoms with Crippen molar-refractivity contribution in [3.05, 3.63) is 76.8 Å². The quantitative estimate of drug-likeness (QED) is 0.587. The van der Waals surface area contributed by atoms with Gasteiger partial charge in [0.25, 0.3) is 5.91 Å². The number of carbonyl (C=O) groups is 2. The van der Waals surface area contributed by atoms with E-state index in [2.05, 4.69) is 6.07 Å². The lowest BCUT2D eigenvalue weighted by molar-refractivity contribution is -0.135. The van der Waals surface area contributed by atoms with Gasteiger partial charge in [0.2, 0.25) is 5.88 Å². The predicted octanol–water partition coefficient (Wildman–Crippen LogP) is 3.94. The topological polar surface area (TPSA) is 88.5 Å². The average molecular weight is 417 g/mol. The molecule has 158 valence electrons. The maximum absolute atomic E-state index is 12.8. The fourth-order valence-electron chi connectivity index (χ4n) is 4.14. The molecule has 0 bridgehead atoms. The summed E-state index contributed by atoms with van der Waals surface area (Å²) < 4.78 is 12.5. The number of carbonyl (C=O) groups excluding carboxylic acids is 2. The number of amides is 1. The number of furan rings is 1. The number of aromatic nitrogens is 1. The first-order valence-corrected chi connectivity index (χ1v) is 10.2. The zero-order chi connectivity index (χ0) is 22.0. The van der Waals surface area contributed by atoms with E-state index in [1.54, 1.807) is 48.0 Å². The van der Waals surface area contributed by atoms with Crippen LogP contribution in [0, 0.1) is 18.3 Å². The van der Waals surface area contributed by atoms with E-state index in [0.717, 1.165) is 24.8 Å². The molecule has 4 rings (SSSR count). The molecule has 0 saturated heterocycles. The molecule has 0 N–H and O–H groups in total. The van der Waals surface area contributed by atoms with Crippen LogP contribution in [0.25, 0.3) is 5.88 Å². The van der Waals surface area contributed by atoms with Crippen molar-refractivity contribution in [2.45, 2.75) is 32.2 Å². The Morgan fingerprint density at radius 3 is 2.74 bits per heavy atom. The standard InChI is InChI=1S/C24H23N3O4/c1-16-22(19(14-25)23(31-16)27-12-5-6-13-27)24(29)30-15-21(28)26(2)20-11-7-9-17-8-3-4-10-18(17)20/h3-6,8,10,12-13,20H,7,9,11,15H2,1-2H3/t20-/m1/s1. The van der Waals surface area contributed by atoms with E-state index in [4.69, 9.17) is 9.15 Å². The van der Waals surface area contributed by atoms with Gasteiger partial charge < -0.3 is 14.1 Å². The highest BCUT2D eigenvalue weighted by Gasteiger charge is 2.29. The summed E-state index contributed by atoms with van der Waals surface area (Å²) in [7, 11) is 1.73. The molecule has 2 aromatic heterocycles. The zero-order valence-electron chi connectivity index (χ0n) is 17.5. The lowest BCUT2D eigenvalue weighted by atomic mass is 9.87. The number of nitriles is 1. The van der Waals surface area contributed by atoms with Crippen LogP contribution in [0.15, 0.2) is 53.2 Å². The number of fused-ring (bicyclic) bond motifs is 1. The number of nitrogens with zero attached hydrogens (tertiary/aromatic N) is 3. The van der Waals surface area contributed by atoms with Crippen molar-refractivity contribution in [1.82, 2.24) is 9.47 Å². The van der Waals surface area contributed by atoms with Crippen LogP contribution < -0.4 is 0 Å². The van der Waals surface area contributed by atoms with Crippen molar-refractivity contribution in [3.63, 3.8) is 0 Å². The molecule has 0 spiro atoms. The minimum Gasteiger partial charge on any atom is -0.452 e. The van der Waals surface area contributed by atoms with Crippen molar-refractivity contribution in [2.24, 2.45) is 0 Å². The fraction of sp³-hybridized carbons (Fsp3) is 0.292. The Kier molecular flexibility index (Phi) is 5.63. The number of ether oxygens (including phenoxy) is 1. The summed E-state index contributed by atoms with van der Waals surface area (Å²) in [5.41, 5.74) is 2.52. The van der Waals surface area contributed by atoms with Crippen molar-refractivity contribution in [2.75, 3.05) is 13.7 Å². The molecule has 0 fully saturated rings. The summed E-state index contributed by atoms with van der Waals surface area (Å²) in [5, 5.41) is 9.58. The van der Waals surface area contributed by atoms with Gasteiger partial charge in [0, 0.05) is 19.4 Å². The minimum atomic E-state index is -0.748. The number of hydrogen-bond donors (Lipinski definition) is 0. The first-order valence-electron chi connectivity index (χ1n) is 10.2. The Bertz CT molecular complexity index is 1150. The van der Waals surface area contributed by atoms with Crippen molar-refractivity contribution < 1.29 is 18.7 Å². The third kappa shape index (κ3) is 3.84. The number of aryl methyl sites for hydroxylation is 2. The zero-order valence-corrected chi connectivity index (χ0v) is 17.5. The van der Waals surface area contributed by atoms with Crippen LogP contribution >= 0.6 is 0 Å². The lowest BCUT2D eigenvalue weighted by Gasteiger charge is -2.33. The molecule has 1 aliphatic carbocycles. The molecule has 2 heterocycles.